The summed E-state index contributed by atoms with van der Waals surface area (Å²) in [5.74, 6) is 0.890. The Morgan fingerprint density at radius 3 is 2.69 bits per heavy atom. The highest BCUT2D eigenvalue weighted by molar-refractivity contribution is 6.33. The molecule has 1 aromatic carbocycles. The van der Waals surface area contributed by atoms with Crippen LogP contribution in [0.15, 0.2) is 29.2 Å². The van der Waals surface area contributed by atoms with E-state index in [4.69, 9.17) is 27.9 Å². The molecule has 2 aromatic heterocycles. The predicted octanol–water partition coefficient (Wildman–Crippen LogP) is 4.97. The van der Waals surface area contributed by atoms with Crippen molar-refractivity contribution in [2.75, 3.05) is 11.9 Å². The number of hydrogen-bond donors (Lipinski definition) is 3. The molecule has 1 saturated carbocycles. The molecule has 0 bridgehead atoms. The minimum atomic E-state index is -0.503. The number of rotatable bonds is 6. The molecule has 35 heavy (non-hydrogen) atoms. The number of carbonyl (C=O) groups is 1. The molecule has 9 nitrogen and oxygen atoms in total. The summed E-state index contributed by atoms with van der Waals surface area (Å²) in [6.07, 6.45) is 4.96. The summed E-state index contributed by atoms with van der Waals surface area (Å²) in [5.41, 5.74) is 0.976. The van der Waals surface area contributed by atoms with Gasteiger partial charge in [0.05, 0.1) is 12.7 Å². The average Bonchev–Trinajstić information content (AvgIpc) is 3.09. The number of imidazole rings is 1. The van der Waals surface area contributed by atoms with Crippen LogP contribution in [0.1, 0.15) is 52.0 Å². The van der Waals surface area contributed by atoms with Gasteiger partial charge >= 0.3 is 11.8 Å². The fourth-order valence-corrected chi connectivity index (χ4v) is 4.61. The van der Waals surface area contributed by atoms with E-state index >= 15 is 0 Å². The molecule has 2 heterocycles. The lowest BCUT2D eigenvalue weighted by Gasteiger charge is -2.30. The van der Waals surface area contributed by atoms with Crippen molar-refractivity contribution in [3.8, 4) is 0 Å². The molecule has 3 aromatic rings. The van der Waals surface area contributed by atoms with Gasteiger partial charge in [0, 0.05) is 22.6 Å². The highest BCUT2D eigenvalue weighted by Crippen LogP contribution is 2.25. The van der Waals surface area contributed by atoms with E-state index in [1.807, 2.05) is 20.8 Å². The van der Waals surface area contributed by atoms with Crippen LogP contribution >= 0.6 is 23.2 Å². The van der Waals surface area contributed by atoms with E-state index < -0.39 is 5.60 Å². The number of hydrogen-bond acceptors (Lipinski definition) is 6. The molecule has 0 spiro atoms. The molecular weight excluding hydrogens is 491 g/mol. The standard InChI is InChI=1S/C24H30Cl2N6O3/c1-24(2,3)35-23(34)29-17-7-4-14(5-8-17)11-27-21-28-12-19-20(31-21)32(22(33)30-19)13-15-10-16(25)6-9-18(15)26/h6,9-10,12,14,17H,4-5,7-8,11,13H2,1-3H3,(H,29,34)(H,30,33)(H,27,28,31)/t14-,17+. The Morgan fingerprint density at radius 1 is 1.23 bits per heavy atom. The lowest BCUT2D eigenvalue weighted by atomic mass is 9.86. The third-order valence-electron chi connectivity index (χ3n) is 5.96. The number of benzene rings is 1. The van der Waals surface area contributed by atoms with E-state index in [0.717, 1.165) is 31.2 Å². The molecule has 1 aliphatic rings. The Hall–Kier alpha value is -2.78. The van der Waals surface area contributed by atoms with Crippen LogP contribution in [0.2, 0.25) is 10.0 Å². The van der Waals surface area contributed by atoms with Crippen molar-refractivity contribution in [3.05, 3.63) is 50.5 Å². The van der Waals surface area contributed by atoms with Crippen LogP contribution in [0.4, 0.5) is 10.7 Å². The third-order valence-corrected chi connectivity index (χ3v) is 6.57. The molecule has 3 N–H and O–H groups in total. The number of H-pyrrole nitrogens is 1. The minimum Gasteiger partial charge on any atom is -0.444 e. The van der Waals surface area contributed by atoms with Crippen molar-refractivity contribution in [2.24, 2.45) is 5.92 Å². The van der Waals surface area contributed by atoms with Gasteiger partial charge in [0.1, 0.15) is 11.1 Å². The highest BCUT2D eigenvalue weighted by Gasteiger charge is 2.25. The highest BCUT2D eigenvalue weighted by atomic mass is 35.5. The van der Waals surface area contributed by atoms with E-state index in [2.05, 4.69) is 25.6 Å². The summed E-state index contributed by atoms with van der Waals surface area (Å²) in [7, 11) is 0. The summed E-state index contributed by atoms with van der Waals surface area (Å²) in [6.45, 7) is 6.51. The lowest BCUT2D eigenvalue weighted by Crippen LogP contribution is -2.41. The third kappa shape index (κ3) is 6.67. The molecule has 0 atom stereocenters. The summed E-state index contributed by atoms with van der Waals surface area (Å²) in [5, 5.41) is 7.34. The molecule has 4 rings (SSSR count). The summed E-state index contributed by atoms with van der Waals surface area (Å²) >= 11 is 12.4. The molecule has 1 amide bonds. The van der Waals surface area contributed by atoms with Crippen LogP contribution in [0, 0.1) is 5.92 Å². The lowest BCUT2D eigenvalue weighted by molar-refractivity contribution is 0.0488. The molecule has 11 heteroatoms. The maximum absolute atomic E-state index is 12.5. The van der Waals surface area contributed by atoms with Gasteiger partial charge in [0.2, 0.25) is 5.95 Å². The maximum atomic E-state index is 12.5. The Labute approximate surface area is 213 Å². The number of alkyl carbamates (subject to hydrolysis) is 1. The second-order valence-corrected chi connectivity index (χ2v) is 10.8. The smallest absolute Gasteiger partial charge is 0.407 e. The van der Waals surface area contributed by atoms with Crippen molar-refractivity contribution >= 4 is 46.4 Å². The van der Waals surface area contributed by atoms with Gasteiger partial charge in [0.15, 0.2) is 5.65 Å². The van der Waals surface area contributed by atoms with Crippen LogP contribution < -0.4 is 16.3 Å². The van der Waals surface area contributed by atoms with Crippen molar-refractivity contribution in [1.29, 1.82) is 0 Å². The molecule has 1 fully saturated rings. The van der Waals surface area contributed by atoms with Gasteiger partial charge < -0.3 is 20.4 Å². The van der Waals surface area contributed by atoms with E-state index in [1.54, 1.807) is 24.4 Å². The number of carbonyl (C=O) groups excluding carboxylic acids is 1. The van der Waals surface area contributed by atoms with E-state index in [9.17, 15) is 9.59 Å². The van der Waals surface area contributed by atoms with Crippen molar-refractivity contribution in [3.63, 3.8) is 0 Å². The molecule has 0 aliphatic heterocycles. The molecule has 188 valence electrons. The first-order valence-corrected chi connectivity index (χ1v) is 12.5. The number of fused-ring (bicyclic) bond motifs is 1. The van der Waals surface area contributed by atoms with Crippen molar-refractivity contribution < 1.29 is 9.53 Å². The van der Waals surface area contributed by atoms with E-state index in [-0.39, 0.29) is 24.4 Å². The number of nitrogens with zero attached hydrogens (tertiary/aromatic N) is 3. The van der Waals surface area contributed by atoms with E-state index in [0.29, 0.717) is 39.6 Å². The van der Waals surface area contributed by atoms with Crippen molar-refractivity contribution in [1.82, 2.24) is 24.8 Å². The maximum Gasteiger partial charge on any atom is 0.407 e. The predicted molar refractivity (Wildman–Crippen MR) is 137 cm³/mol. The first-order chi connectivity index (χ1) is 16.6. The second kappa shape index (κ2) is 10.5. The van der Waals surface area contributed by atoms with Crippen molar-refractivity contribution in [2.45, 2.75) is 64.6 Å². The van der Waals surface area contributed by atoms with Gasteiger partial charge in [-0.05, 0) is 76.1 Å². The topological polar surface area (TPSA) is 114 Å². The number of nitrogens with one attached hydrogen (secondary N) is 3. The van der Waals surface area contributed by atoms with Crippen LogP contribution in [0.25, 0.3) is 11.2 Å². The summed E-state index contributed by atoms with van der Waals surface area (Å²) in [6, 6.07) is 5.28. The number of ether oxygens (including phenoxy) is 1. The number of aromatic nitrogens is 4. The zero-order chi connectivity index (χ0) is 25.2. The first-order valence-electron chi connectivity index (χ1n) is 11.7. The SMILES string of the molecule is CC(C)(C)OC(=O)N[C@H]1CC[C@@H](CNc2ncc3[nH]c(=O)n(Cc4cc(Cl)ccc4Cl)c3n2)CC1. The Morgan fingerprint density at radius 2 is 1.97 bits per heavy atom. The second-order valence-electron chi connectivity index (χ2n) is 9.93. The van der Waals surface area contributed by atoms with Gasteiger partial charge in [0.25, 0.3) is 0 Å². The molecule has 0 radical (unpaired) electrons. The summed E-state index contributed by atoms with van der Waals surface area (Å²) < 4.78 is 6.87. The number of aromatic amines is 1. The minimum absolute atomic E-state index is 0.126. The summed E-state index contributed by atoms with van der Waals surface area (Å²) in [4.78, 5) is 36.3. The molecular formula is C24H30Cl2N6O3. The normalized spacial score (nSPS) is 18.4. The molecule has 0 saturated heterocycles. The van der Waals surface area contributed by atoms with Crippen LogP contribution in [-0.2, 0) is 11.3 Å². The van der Waals surface area contributed by atoms with Crippen LogP contribution in [-0.4, -0.2) is 43.8 Å². The number of amides is 1. The molecule has 1 aliphatic carbocycles. The Bertz CT molecular complexity index is 1260. The molecule has 0 unspecified atom stereocenters. The van der Waals surface area contributed by atoms with Gasteiger partial charge in [-0.1, -0.05) is 23.2 Å². The Balaban J connectivity index is 1.36. The number of halogens is 2. The van der Waals surface area contributed by atoms with E-state index in [1.165, 1.54) is 4.57 Å². The zero-order valence-corrected chi connectivity index (χ0v) is 21.5. The number of anilines is 1. The fraction of sp³-hybridized carbons (Fsp3) is 0.500. The zero-order valence-electron chi connectivity index (χ0n) is 20.0. The van der Waals surface area contributed by atoms with Gasteiger partial charge in [-0.3, -0.25) is 4.57 Å². The van der Waals surface area contributed by atoms with Gasteiger partial charge in [-0.25, -0.2) is 14.6 Å². The quantitative estimate of drug-likeness (QED) is 0.422. The average molecular weight is 521 g/mol. The van der Waals surface area contributed by atoms with Crippen LogP contribution in [0.3, 0.4) is 0 Å². The Kier molecular flexibility index (Phi) is 7.56. The van der Waals surface area contributed by atoms with Crippen LogP contribution in [0.5, 0.6) is 0 Å². The van der Waals surface area contributed by atoms with Gasteiger partial charge in [-0.15, -0.1) is 0 Å². The monoisotopic (exact) mass is 520 g/mol. The fourth-order valence-electron chi connectivity index (χ4n) is 4.23. The largest absolute Gasteiger partial charge is 0.444 e. The van der Waals surface area contributed by atoms with Gasteiger partial charge in [-0.2, -0.15) is 4.98 Å². The first kappa shape index (κ1) is 25.3.